The van der Waals surface area contributed by atoms with Crippen molar-refractivity contribution in [1.29, 1.82) is 0 Å². The van der Waals surface area contributed by atoms with Gasteiger partial charge in [0.1, 0.15) is 0 Å². The molecular formula is C14H19F2N. The second kappa shape index (κ2) is 5.56. The Labute approximate surface area is 101 Å². The molecule has 1 nitrogen and oxygen atoms in total. The van der Waals surface area contributed by atoms with Gasteiger partial charge in [-0.2, -0.15) is 4.39 Å². The number of hydrogen-bond donors (Lipinski definition) is 0. The van der Waals surface area contributed by atoms with E-state index in [9.17, 15) is 8.78 Å². The molecule has 0 atom stereocenters. The van der Waals surface area contributed by atoms with Crippen molar-refractivity contribution in [3.63, 3.8) is 0 Å². The summed E-state index contributed by atoms with van der Waals surface area (Å²) >= 11 is 0. The Kier molecular flexibility index (Phi) is 4.08. The molecule has 0 saturated heterocycles. The van der Waals surface area contributed by atoms with Crippen molar-refractivity contribution in [3.05, 3.63) is 29.6 Å². The molecule has 1 saturated carbocycles. The SMILES string of the molecule is CCC[C@H]1CC[C@H](c2cnc(F)c(F)c2)CC1. The van der Waals surface area contributed by atoms with Gasteiger partial charge < -0.3 is 0 Å². The third-order valence-corrected chi connectivity index (χ3v) is 3.83. The Morgan fingerprint density at radius 1 is 1.24 bits per heavy atom. The van der Waals surface area contributed by atoms with Crippen LogP contribution in [0.3, 0.4) is 0 Å². The minimum atomic E-state index is -0.992. The fourth-order valence-corrected chi connectivity index (χ4v) is 2.85. The zero-order valence-electron chi connectivity index (χ0n) is 10.3. The van der Waals surface area contributed by atoms with Crippen LogP contribution in [0, 0.1) is 17.7 Å². The largest absolute Gasteiger partial charge is 0.248 e. The number of hydrogen-bond acceptors (Lipinski definition) is 1. The van der Waals surface area contributed by atoms with Gasteiger partial charge in [-0.3, -0.25) is 0 Å². The van der Waals surface area contributed by atoms with E-state index >= 15 is 0 Å². The summed E-state index contributed by atoms with van der Waals surface area (Å²) in [5, 5.41) is 0. The smallest absolute Gasteiger partial charge is 0.225 e. The van der Waals surface area contributed by atoms with Crippen LogP contribution in [-0.2, 0) is 0 Å². The molecule has 2 rings (SSSR count). The van der Waals surface area contributed by atoms with E-state index in [1.54, 1.807) is 0 Å². The first kappa shape index (κ1) is 12.5. The second-order valence-electron chi connectivity index (χ2n) is 5.05. The standard InChI is InChI=1S/C14H19F2N/c1-2-3-10-4-6-11(7-5-10)12-8-13(15)14(16)17-9-12/h8-11H,2-7H2,1H3/t10-,11-. The summed E-state index contributed by atoms with van der Waals surface area (Å²) < 4.78 is 25.8. The normalized spacial score (nSPS) is 24.9. The van der Waals surface area contributed by atoms with Gasteiger partial charge in [-0.1, -0.05) is 19.8 Å². The molecule has 0 aromatic carbocycles. The molecule has 17 heavy (non-hydrogen) atoms. The van der Waals surface area contributed by atoms with Gasteiger partial charge in [-0.05, 0) is 49.1 Å². The maximum atomic E-state index is 13.1. The van der Waals surface area contributed by atoms with Crippen molar-refractivity contribution in [3.8, 4) is 0 Å². The molecule has 1 aliphatic rings. The van der Waals surface area contributed by atoms with Crippen LogP contribution in [0.2, 0.25) is 0 Å². The molecule has 0 aliphatic heterocycles. The predicted octanol–water partition coefficient (Wildman–Crippen LogP) is 4.43. The Morgan fingerprint density at radius 2 is 1.94 bits per heavy atom. The van der Waals surface area contributed by atoms with Crippen LogP contribution < -0.4 is 0 Å². The fourth-order valence-electron chi connectivity index (χ4n) is 2.85. The molecule has 94 valence electrons. The van der Waals surface area contributed by atoms with Crippen LogP contribution >= 0.6 is 0 Å². The summed E-state index contributed by atoms with van der Waals surface area (Å²) in [7, 11) is 0. The summed E-state index contributed by atoms with van der Waals surface area (Å²) in [6, 6.07) is 1.31. The molecule has 0 spiro atoms. The first-order valence-corrected chi connectivity index (χ1v) is 6.51. The molecule has 0 amide bonds. The molecule has 0 radical (unpaired) electrons. The summed E-state index contributed by atoms with van der Waals surface area (Å²) in [5.74, 6) is -0.619. The molecule has 1 aromatic rings. The van der Waals surface area contributed by atoms with Gasteiger partial charge in [-0.25, -0.2) is 9.37 Å². The van der Waals surface area contributed by atoms with Gasteiger partial charge in [0.15, 0.2) is 5.82 Å². The van der Waals surface area contributed by atoms with Crippen LogP contribution in [0.25, 0.3) is 0 Å². The van der Waals surface area contributed by atoms with Crippen LogP contribution in [0.15, 0.2) is 12.3 Å². The molecule has 3 heteroatoms. The lowest BCUT2D eigenvalue weighted by Gasteiger charge is -2.28. The van der Waals surface area contributed by atoms with E-state index in [0.717, 1.165) is 24.3 Å². The zero-order chi connectivity index (χ0) is 12.3. The van der Waals surface area contributed by atoms with E-state index in [1.807, 2.05) is 0 Å². The average Bonchev–Trinajstić information content (AvgIpc) is 2.34. The second-order valence-corrected chi connectivity index (χ2v) is 5.05. The summed E-state index contributed by atoms with van der Waals surface area (Å²) in [6.07, 6.45) is 8.60. The summed E-state index contributed by atoms with van der Waals surface area (Å²) in [6.45, 7) is 2.21. The predicted molar refractivity (Wildman–Crippen MR) is 63.8 cm³/mol. The molecule has 0 unspecified atom stereocenters. The highest BCUT2D eigenvalue weighted by Crippen LogP contribution is 2.37. The number of rotatable bonds is 3. The van der Waals surface area contributed by atoms with Crippen molar-refractivity contribution < 1.29 is 8.78 Å². The van der Waals surface area contributed by atoms with Gasteiger partial charge in [0, 0.05) is 6.20 Å². The minimum absolute atomic E-state index is 0.366. The lowest BCUT2D eigenvalue weighted by molar-refractivity contribution is 0.307. The van der Waals surface area contributed by atoms with Gasteiger partial charge in [0.05, 0.1) is 0 Å². The third kappa shape index (κ3) is 3.02. The summed E-state index contributed by atoms with van der Waals surface area (Å²) in [5.41, 5.74) is 0.860. The monoisotopic (exact) mass is 239 g/mol. The van der Waals surface area contributed by atoms with Crippen molar-refractivity contribution in [2.24, 2.45) is 5.92 Å². The molecule has 1 heterocycles. The zero-order valence-corrected chi connectivity index (χ0v) is 10.3. The minimum Gasteiger partial charge on any atom is -0.225 e. The van der Waals surface area contributed by atoms with Gasteiger partial charge in [-0.15, -0.1) is 0 Å². The lowest BCUT2D eigenvalue weighted by atomic mass is 9.77. The van der Waals surface area contributed by atoms with Crippen molar-refractivity contribution in [1.82, 2.24) is 4.98 Å². The molecular weight excluding hydrogens is 220 g/mol. The maximum Gasteiger partial charge on any atom is 0.248 e. The van der Waals surface area contributed by atoms with Crippen LogP contribution in [0.5, 0.6) is 0 Å². The van der Waals surface area contributed by atoms with Crippen LogP contribution in [-0.4, -0.2) is 4.98 Å². The number of nitrogens with zero attached hydrogens (tertiary/aromatic N) is 1. The Bertz CT molecular complexity index is 370. The number of halogens is 2. The highest BCUT2D eigenvalue weighted by atomic mass is 19.2. The van der Waals surface area contributed by atoms with Gasteiger partial charge in [0.2, 0.25) is 5.95 Å². The van der Waals surface area contributed by atoms with Gasteiger partial charge >= 0.3 is 0 Å². The van der Waals surface area contributed by atoms with E-state index in [4.69, 9.17) is 0 Å². The van der Waals surface area contributed by atoms with Crippen molar-refractivity contribution in [2.75, 3.05) is 0 Å². The quantitative estimate of drug-likeness (QED) is 0.711. The average molecular weight is 239 g/mol. The van der Waals surface area contributed by atoms with Gasteiger partial charge in [0.25, 0.3) is 0 Å². The van der Waals surface area contributed by atoms with E-state index in [1.165, 1.54) is 37.9 Å². The van der Waals surface area contributed by atoms with Crippen LogP contribution in [0.1, 0.15) is 56.9 Å². The Balaban J connectivity index is 1.98. The van der Waals surface area contributed by atoms with E-state index in [0.29, 0.717) is 5.92 Å². The molecule has 1 aromatic heterocycles. The van der Waals surface area contributed by atoms with E-state index in [2.05, 4.69) is 11.9 Å². The Hall–Kier alpha value is -0.990. The first-order chi connectivity index (χ1) is 8.20. The number of aromatic nitrogens is 1. The lowest BCUT2D eigenvalue weighted by Crippen LogP contribution is -2.13. The van der Waals surface area contributed by atoms with E-state index in [-0.39, 0.29) is 0 Å². The van der Waals surface area contributed by atoms with E-state index < -0.39 is 11.8 Å². The molecule has 1 aliphatic carbocycles. The highest BCUT2D eigenvalue weighted by Gasteiger charge is 2.22. The van der Waals surface area contributed by atoms with Crippen LogP contribution in [0.4, 0.5) is 8.78 Å². The fraction of sp³-hybridized carbons (Fsp3) is 0.643. The first-order valence-electron chi connectivity index (χ1n) is 6.51. The third-order valence-electron chi connectivity index (χ3n) is 3.83. The van der Waals surface area contributed by atoms with Crippen molar-refractivity contribution in [2.45, 2.75) is 51.4 Å². The molecule has 0 N–H and O–H groups in total. The maximum absolute atomic E-state index is 13.1. The highest BCUT2D eigenvalue weighted by molar-refractivity contribution is 5.17. The Morgan fingerprint density at radius 3 is 2.53 bits per heavy atom. The topological polar surface area (TPSA) is 12.9 Å². The molecule has 0 bridgehead atoms. The summed E-state index contributed by atoms with van der Waals surface area (Å²) in [4.78, 5) is 3.47. The number of pyridine rings is 1. The van der Waals surface area contributed by atoms with Crippen molar-refractivity contribution >= 4 is 0 Å². The molecule has 1 fully saturated rings.